The minimum atomic E-state index is -0.344. The molecule has 1 aliphatic heterocycles. The van der Waals surface area contributed by atoms with Crippen LogP contribution in [0.1, 0.15) is 20.7 Å². The molecule has 0 fully saturated rings. The molecule has 2 aromatic carbocycles. The van der Waals surface area contributed by atoms with E-state index in [9.17, 15) is 14.0 Å². The summed E-state index contributed by atoms with van der Waals surface area (Å²) < 4.78 is 18.5. The first-order valence-corrected chi connectivity index (χ1v) is 8.79. The van der Waals surface area contributed by atoms with Gasteiger partial charge in [-0.3, -0.25) is 14.5 Å². The van der Waals surface area contributed by atoms with Crippen molar-refractivity contribution in [3.8, 4) is 11.5 Å². The van der Waals surface area contributed by atoms with Gasteiger partial charge in [-0.05, 0) is 36.4 Å². The lowest BCUT2D eigenvalue weighted by Gasteiger charge is -2.12. The van der Waals surface area contributed by atoms with Crippen LogP contribution in [0.4, 0.5) is 4.39 Å². The molecule has 1 aromatic heterocycles. The second kappa shape index (κ2) is 6.72. The average molecular weight is 369 g/mol. The Hall–Kier alpha value is -3.00. The predicted octanol–water partition coefficient (Wildman–Crippen LogP) is 3.26. The van der Waals surface area contributed by atoms with E-state index in [2.05, 4.69) is 10.2 Å². The Morgan fingerprint density at radius 3 is 2.27 bits per heavy atom. The summed E-state index contributed by atoms with van der Waals surface area (Å²) in [5.41, 5.74) is 1.48. The third-order valence-corrected chi connectivity index (χ3v) is 4.71. The number of aromatic nitrogens is 2. The Labute approximate surface area is 152 Å². The second-order valence-corrected chi connectivity index (χ2v) is 6.58. The summed E-state index contributed by atoms with van der Waals surface area (Å²) in [5, 5.41) is 8.16. The molecule has 0 saturated carbocycles. The third-order valence-electron chi connectivity index (χ3n) is 3.92. The molecular weight excluding hydrogens is 357 g/mol. The number of benzene rings is 2. The molecule has 2 heterocycles. The van der Waals surface area contributed by atoms with Gasteiger partial charge in [-0.2, -0.15) is 0 Å². The van der Waals surface area contributed by atoms with Gasteiger partial charge in [0.25, 0.3) is 17.0 Å². The van der Waals surface area contributed by atoms with Gasteiger partial charge in [-0.15, -0.1) is 10.2 Å². The van der Waals surface area contributed by atoms with Crippen LogP contribution in [0.3, 0.4) is 0 Å². The van der Waals surface area contributed by atoms with Crippen molar-refractivity contribution in [2.45, 2.75) is 5.22 Å². The number of amides is 2. The lowest BCUT2D eigenvalue weighted by molar-refractivity contribution is 0.0664. The summed E-state index contributed by atoms with van der Waals surface area (Å²) in [6.07, 6.45) is 0. The molecule has 6 nitrogen and oxygen atoms in total. The van der Waals surface area contributed by atoms with Crippen LogP contribution in [-0.2, 0) is 0 Å². The van der Waals surface area contributed by atoms with Crippen LogP contribution in [0.5, 0.6) is 0 Å². The molecule has 0 spiro atoms. The average Bonchev–Trinajstić information content (AvgIpc) is 3.22. The van der Waals surface area contributed by atoms with Gasteiger partial charge in [-0.1, -0.05) is 23.9 Å². The van der Waals surface area contributed by atoms with Crippen molar-refractivity contribution in [1.29, 1.82) is 0 Å². The molecule has 0 atom stereocenters. The topological polar surface area (TPSA) is 76.3 Å². The maximum Gasteiger partial charge on any atom is 0.276 e. The fourth-order valence-corrected chi connectivity index (χ4v) is 3.33. The molecule has 0 N–H and O–H groups in total. The highest BCUT2D eigenvalue weighted by atomic mass is 32.2. The summed E-state index contributed by atoms with van der Waals surface area (Å²) in [6, 6.07) is 12.5. The van der Waals surface area contributed by atoms with Crippen LogP contribution in [0.2, 0.25) is 0 Å². The molecule has 3 aromatic rings. The molecule has 8 heteroatoms. The molecule has 0 radical (unpaired) electrons. The van der Waals surface area contributed by atoms with Crippen LogP contribution < -0.4 is 0 Å². The first kappa shape index (κ1) is 16.5. The number of fused-ring (bicyclic) bond motifs is 1. The number of carbonyl (C=O) groups is 2. The highest BCUT2D eigenvalue weighted by Gasteiger charge is 2.34. The largest absolute Gasteiger partial charge is 0.411 e. The number of imide groups is 1. The number of hydrogen-bond acceptors (Lipinski definition) is 6. The number of hydrogen-bond donors (Lipinski definition) is 0. The van der Waals surface area contributed by atoms with Crippen molar-refractivity contribution < 1.29 is 18.4 Å². The normalized spacial score (nSPS) is 13.3. The molecule has 26 heavy (non-hydrogen) atoms. The Morgan fingerprint density at radius 1 is 0.962 bits per heavy atom. The first-order valence-electron chi connectivity index (χ1n) is 7.81. The van der Waals surface area contributed by atoms with E-state index in [1.54, 1.807) is 36.4 Å². The molecule has 0 unspecified atom stereocenters. The lowest BCUT2D eigenvalue weighted by atomic mass is 10.1. The summed E-state index contributed by atoms with van der Waals surface area (Å²) in [6.45, 7) is 0.241. The summed E-state index contributed by atoms with van der Waals surface area (Å²) in [4.78, 5) is 25.8. The molecule has 0 bridgehead atoms. The zero-order chi connectivity index (χ0) is 18.1. The molecule has 130 valence electrons. The van der Waals surface area contributed by atoms with Gasteiger partial charge in [0.2, 0.25) is 5.89 Å². The SMILES string of the molecule is O=C1c2ccccc2C(=O)N1CCSc1nnc(-c2ccc(F)cc2)o1. The third kappa shape index (κ3) is 2.99. The van der Waals surface area contributed by atoms with Crippen LogP contribution in [0.15, 0.2) is 58.2 Å². The minimum absolute atomic E-state index is 0.241. The van der Waals surface area contributed by atoms with Crippen LogP contribution in [0, 0.1) is 5.82 Å². The van der Waals surface area contributed by atoms with Crippen LogP contribution in [0.25, 0.3) is 11.5 Å². The highest BCUT2D eigenvalue weighted by Crippen LogP contribution is 2.25. The summed E-state index contributed by atoms with van der Waals surface area (Å²) in [7, 11) is 0. The standard InChI is InChI=1S/C18H12FN3O3S/c19-12-7-5-11(6-8-12)15-20-21-18(25-15)26-10-9-22-16(23)13-3-1-2-4-14(13)17(22)24/h1-8H,9-10H2. The Bertz CT molecular complexity index is 952. The van der Waals surface area contributed by atoms with Crippen molar-refractivity contribution in [1.82, 2.24) is 15.1 Å². The van der Waals surface area contributed by atoms with Gasteiger partial charge in [-0.25, -0.2) is 4.39 Å². The molecular formula is C18H12FN3O3S. The summed E-state index contributed by atoms with van der Waals surface area (Å²) in [5.74, 6) is -0.208. The smallest absolute Gasteiger partial charge is 0.276 e. The van der Waals surface area contributed by atoms with Crippen molar-refractivity contribution >= 4 is 23.6 Å². The molecule has 4 rings (SSSR count). The van der Waals surface area contributed by atoms with Gasteiger partial charge in [0.1, 0.15) is 5.82 Å². The molecule has 1 aliphatic rings. The predicted molar refractivity (Wildman–Crippen MR) is 92.2 cm³/mol. The number of rotatable bonds is 5. The molecule has 0 saturated heterocycles. The van der Waals surface area contributed by atoms with Gasteiger partial charge in [0, 0.05) is 17.9 Å². The number of nitrogens with zero attached hydrogens (tertiary/aromatic N) is 3. The number of carbonyl (C=O) groups excluding carboxylic acids is 2. The second-order valence-electron chi connectivity index (χ2n) is 5.54. The maximum atomic E-state index is 13.0. The molecule has 0 aliphatic carbocycles. The fourth-order valence-electron chi connectivity index (χ4n) is 2.64. The van der Waals surface area contributed by atoms with E-state index >= 15 is 0 Å². The van der Waals surface area contributed by atoms with E-state index in [0.29, 0.717) is 27.7 Å². The van der Waals surface area contributed by atoms with E-state index in [-0.39, 0.29) is 30.1 Å². The van der Waals surface area contributed by atoms with E-state index in [1.807, 2.05) is 0 Å². The van der Waals surface area contributed by atoms with Crippen molar-refractivity contribution in [2.75, 3.05) is 12.3 Å². The van der Waals surface area contributed by atoms with E-state index < -0.39 is 0 Å². The zero-order valence-electron chi connectivity index (χ0n) is 13.4. The Kier molecular flexibility index (Phi) is 4.26. The van der Waals surface area contributed by atoms with Crippen molar-refractivity contribution in [2.24, 2.45) is 0 Å². The van der Waals surface area contributed by atoms with Gasteiger partial charge < -0.3 is 4.42 Å². The van der Waals surface area contributed by atoms with Gasteiger partial charge in [0.05, 0.1) is 11.1 Å². The fraction of sp³-hybridized carbons (Fsp3) is 0.111. The van der Waals surface area contributed by atoms with Crippen molar-refractivity contribution in [3.63, 3.8) is 0 Å². The first-order chi connectivity index (χ1) is 12.6. The number of thioether (sulfide) groups is 1. The Balaban J connectivity index is 1.38. The van der Waals surface area contributed by atoms with Gasteiger partial charge in [0.15, 0.2) is 0 Å². The monoisotopic (exact) mass is 369 g/mol. The quantitative estimate of drug-likeness (QED) is 0.507. The maximum absolute atomic E-state index is 13.0. The van der Waals surface area contributed by atoms with E-state index in [0.717, 1.165) is 0 Å². The summed E-state index contributed by atoms with van der Waals surface area (Å²) >= 11 is 1.25. The minimum Gasteiger partial charge on any atom is -0.411 e. The van der Waals surface area contributed by atoms with Crippen molar-refractivity contribution in [3.05, 3.63) is 65.5 Å². The van der Waals surface area contributed by atoms with E-state index in [1.165, 1.54) is 28.8 Å². The highest BCUT2D eigenvalue weighted by molar-refractivity contribution is 7.99. The van der Waals surface area contributed by atoms with Gasteiger partial charge >= 0.3 is 0 Å². The lowest BCUT2D eigenvalue weighted by Crippen LogP contribution is -2.31. The zero-order valence-corrected chi connectivity index (χ0v) is 14.2. The van der Waals surface area contributed by atoms with Crippen LogP contribution >= 0.6 is 11.8 Å². The van der Waals surface area contributed by atoms with E-state index in [4.69, 9.17) is 4.42 Å². The number of halogens is 1. The molecule has 2 amide bonds. The Morgan fingerprint density at radius 2 is 1.62 bits per heavy atom. The van der Waals surface area contributed by atoms with Crippen LogP contribution in [-0.4, -0.2) is 39.2 Å².